The summed E-state index contributed by atoms with van der Waals surface area (Å²) in [7, 11) is 0. The first kappa shape index (κ1) is 31.8. The standard InChI is InChI=1S/C34H29ClN4O4S2/c1-3-43-25-15-18-28-30(20-25)45-34(38-28)39-31(40)21(2)44-26-16-13-24(14-17-26)36-33(42)29(19-23-11-7-8-12-27(23)35)37-32(41)22-9-5-4-6-10-22/h4-21H,3H2,1-2H3,(H,36,42)(H,37,41)(H,38,39,40)/b29-19-. The lowest BCUT2D eigenvalue weighted by Crippen LogP contribution is -2.30. The van der Waals surface area contributed by atoms with Crippen LogP contribution >= 0.6 is 34.7 Å². The number of halogens is 1. The number of carbonyl (C=O) groups is 3. The van der Waals surface area contributed by atoms with Gasteiger partial charge in [-0.15, -0.1) is 11.8 Å². The van der Waals surface area contributed by atoms with Gasteiger partial charge in [0.25, 0.3) is 11.8 Å². The van der Waals surface area contributed by atoms with Crippen LogP contribution in [0.5, 0.6) is 5.75 Å². The summed E-state index contributed by atoms with van der Waals surface area (Å²) < 4.78 is 6.48. The van der Waals surface area contributed by atoms with Crippen molar-refractivity contribution in [1.29, 1.82) is 0 Å². The van der Waals surface area contributed by atoms with Crippen molar-refractivity contribution >= 4 is 79.5 Å². The zero-order valence-corrected chi connectivity index (χ0v) is 26.8. The number of aromatic nitrogens is 1. The van der Waals surface area contributed by atoms with Gasteiger partial charge in [0.2, 0.25) is 5.91 Å². The number of nitrogens with one attached hydrogen (secondary N) is 3. The number of nitrogens with zero attached hydrogens (tertiary/aromatic N) is 1. The van der Waals surface area contributed by atoms with Crippen molar-refractivity contribution in [1.82, 2.24) is 10.3 Å². The zero-order valence-electron chi connectivity index (χ0n) is 24.4. The van der Waals surface area contributed by atoms with E-state index in [0.717, 1.165) is 20.9 Å². The molecule has 4 aromatic carbocycles. The summed E-state index contributed by atoms with van der Waals surface area (Å²) in [5.41, 5.74) is 2.33. The number of benzene rings is 4. The molecule has 1 heterocycles. The second kappa shape index (κ2) is 14.9. The molecule has 0 aliphatic rings. The van der Waals surface area contributed by atoms with Gasteiger partial charge in [-0.1, -0.05) is 59.3 Å². The van der Waals surface area contributed by atoms with E-state index in [1.807, 2.05) is 44.2 Å². The number of thioether (sulfide) groups is 1. The Labute approximate surface area is 273 Å². The monoisotopic (exact) mass is 656 g/mol. The molecule has 1 atom stereocenters. The second-order valence-corrected chi connectivity index (χ2v) is 12.6. The van der Waals surface area contributed by atoms with E-state index in [1.165, 1.54) is 29.2 Å². The number of anilines is 2. The minimum Gasteiger partial charge on any atom is -0.494 e. The molecule has 1 unspecified atom stereocenters. The fourth-order valence-corrected chi connectivity index (χ4v) is 6.14. The molecule has 0 bridgehead atoms. The van der Waals surface area contributed by atoms with Crippen molar-refractivity contribution in [2.24, 2.45) is 0 Å². The third kappa shape index (κ3) is 8.51. The molecule has 0 aliphatic heterocycles. The largest absolute Gasteiger partial charge is 0.494 e. The Balaban J connectivity index is 1.22. The van der Waals surface area contributed by atoms with Gasteiger partial charge in [-0.25, -0.2) is 4.98 Å². The topological polar surface area (TPSA) is 109 Å². The van der Waals surface area contributed by atoms with Crippen LogP contribution in [-0.4, -0.2) is 34.6 Å². The van der Waals surface area contributed by atoms with E-state index in [0.29, 0.717) is 33.6 Å². The van der Waals surface area contributed by atoms with Crippen LogP contribution in [0.2, 0.25) is 5.02 Å². The SMILES string of the molecule is CCOc1ccc2nc(NC(=O)C(C)Sc3ccc(NC(=O)/C(=C/c4ccccc4Cl)NC(=O)c4ccccc4)cc3)sc2c1. The van der Waals surface area contributed by atoms with Gasteiger partial charge in [0, 0.05) is 21.2 Å². The van der Waals surface area contributed by atoms with Crippen LogP contribution in [0.25, 0.3) is 16.3 Å². The number of carbonyl (C=O) groups excluding carboxylic acids is 3. The summed E-state index contributed by atoms with van der Waals surface area (Å²) in [6.07, 6.45) is 1.53. The molecular formula is C34H29ClN4O4S2. The molecule has 0 fully saturated rings. The summed E-state index contributed by atoms with van der Waals surface area (Å²) in [5, 5.41) is 9.00. The van der Waals surface area contributed by atoms with E-state index in [4.69, 9.17) is 16.3 Å². The molecular weight excluding hydrogens is 628 g/mol. The summed E-state index contributed by atoms with van der Waals surface area (Å²) in [5.74, 6) is -0.356. The number of fused-ring (bicyclic) bond motifs is 1. The molecule has 5 aromatic rings. The molecule has 228 valence electrons. The Hall–Kier alpha value is -4.64. The third-order valence-corrected chi connectivity index (χ3v) is 8.82. The van der Waals surface area contributed by atoms with Crippen LogP contribution in [0.3, 0.4) is 0 Å². The van der Waals surface area contributed by atoms with Crippen molar-refractivity contribution in [2.45, 2.75) is 24.0 Å². The quantitative estimate of drug-likeness (QED) is 0.0986. The number of rotatable bonds is 11. The molecule has 8 nitrogen and oxygen atoms in total. The summed E-state index contributed by atoms with van der Waals surface area (Å²) in [4.78, 5) is 44.5. The number of amides is 3. The molecule has 0 radical (unpaired) electrons. The van der Waals surface area contributed by atoms with Gasteiger partial charge in [-0.05, 0) is 86.2 Å². The molecule has 0 saturated carbocycles. The van der Waals surface area contributed by atoms with E-state index < -0.39 is 17.1 Å². The Kier molecular flexibility index (Phi) is 10.5. The van der Waals surface area contributed by atoms with Gasteiger partial charge >= 0.3 is 0 Å². The minimum atomic E-state index is -0.517. The Morgan fingerprint density at radius 3 is 2.42 bits per heavy atom. The molecule has 1 aromatic heterocycles. The molecule has 0 aliphatic carbocycles. The summed E-state index contributed by atoms with van der Waals surface area (Å²) in [6.45, 7) is 4.32. The Bertz CT molecular complexity index is 1860. The maximum atomic E-state index is 13.3. The Morgan fingerprint density at radius 2 is 1.69 bits per heavy atom. The number of hydrogen-bond acceptors (Lipinski definition) is 7. The van der Waals surface area contributed by atoms with E-state index >= 15 is 0 Å². The van der Waals surface area contributed by atoms with Crippen molar-refractivity contribution in [3.63, 3.8) is 0 Å². The average molecular weight is 657 g/mol. The lowest BCUT2D eigenvalue weighted by molar-refractivity contribution is -0.115. The fraction of sp³-hybridized carbons (Fsp3) is 0.118. The molecule has 11 heteroatoms. The molecule has 3 amide bonds. The molecule has 45 heavy (non-hydrogen) atoms. The van der Waals surface area contributed by atoms with Gasteiger partial charge in [-0.2, -0.15) is 0 Å². The highest BCUT2D eigenvalue weighted by Gasteiger charge is 2.18. The van der Waals surface area contributed by atoms with Crippen molar-refractivity contribution in [2.75, 3.05) is 17.2 Å². The zero-order chi connectivity index (χ0) is 31.8. The number of hydrogen-bond donors (Lipinski definition) is 3. The lowest BCUT2D eigenvalue weighted by atomic mass is 10.1. The fourth-order valence-electron chi connectivity index (χ4n) is 4.18. The Morgan fingerprint density at radius 1 is 0.956 bits per heavy atom. The van der Waals surface area contributed by atoms with Crippen molar-refractivity contribution < 1.29 is 19.1 Å². The molecule has 3 N–H and O–H groups in total. The first-order valence-corrected chi connectivity index (χ1v) is 16.1. The maximum Gasteiger partial charge on any atom is 0.272 e. The van der Waals surface area contributed by atoms with Gasteiger partial charge in [0.15, 0.2) is 5.13 Å². The highest BCUT2D eigenvalue weighted by Crippen LogP contribution is 2.31. The number of ether oxygens (including phenoxy) is 1. The van der Waals surface area contributed by atoms with E-state index in [9.17, 15) is 14.4 Å². The third-order valence-electron chi connectivity index (χ3n) is 6.43. The minimum absolute atomic E-state index is 0.0321. The van der Waals surface area contributed by atoms with Crippen LogP contribution in [0, 0.1) is 0 Å². The van der Waals surface area contributed by atoms with E-state index in [1.54, 1.807) is 66.7 Å². The van der Waals surface area contributed by atoms with Gasteiger partial charge < -0.3 is 20.7 Å². The summed E-state index contributed by atoms with van der Waals surface area (Å²) >= 11 is 9.09. The van der Waals surface area contributed by atoms with Crippen LogP contribution in [0.15, 0.2) is 108 Å². The van der Waals surface area contributed by atoms with Gasteiger partial charge in [0.05, 0.1) is 22.1 Å². The van der Waals surface area contributed by atoms with Crippen LogP contribution in [-0.2, 0) is 9.59 Å². The van der Waals surface area contributed by atoms with Gasteiger partial charge in [0.1, 0.15) is 11.4 Å². The van der Waals surface area contributed by atoms with Crippen molar-refractivity contribution in [3.05, 3.63) is 119 Å². The van der Waals surface area contributed by atoms with Crippen LogP contribution in [0.4, 0.5) is 10.8 Å². The molecule has 5 rings (SSSR count). The van der Waals surface area contributed by atoms with E-state index in [2.05, 4.69) is 20.9 Å². The predicted octanol–water partition coefficient (Wildman–Crippen LogP) is 7.88. The molecule has 0 saturated heterocycles. The number of thiazole rings is 1. The van der Waals surface area contributed by atoms with Gasteiger partial charge in [-0.3, -0.25) is 14.4 Å². The summed E-state index contributed by atoms with van der Waals surface area (Å²) in [6, 6.07) is 28.4. The van der Waals surface area contributed by atoms with E-state index in [-0.39, 0.29) is 11.6 Å². The first-order valence-electron chi connectivity index (χ1n) is 14.0. The normalized spacial score (nSPS) is 11.9. The highest BCUT2D eigenvalue weighted by atomic mass is 35.5. The van der Waals surface area contributed by atoms with Crippen molar-refractivity contribution in [3.8, 4) is 5.75 Å². The predicted molar refractivity (Wildman–Crippen MR) is 183 cm³/mol. The average Bonchev–Trinajstić information content (AvgIpc) is 3.44. The smallest absolute Gasteiger partial charge is 0.272 e. The second-order valence-electron chi connectivity index (χ2n) is 9.71. The van der Waals surface area contributed by atoms with Crippen LogP contribution in [0.1, 0.15) is 29.8 Å². The lowest BCUT2D eigenvalue weighted by Gasteiger charge is -2.13. The highest BCUT2D eigenvalue weighted by molar-refractivity contribution is 8.00. The molecule has 0 spiro atoms. The first-order chi connectivity index (χ1) is 21.8. The van der Waals surface area contributed by atoms with Crippen LogP contribution < -0.4 is 20.7 Å². The maximum absolute atomic E-state index is 13.3.